The molecule has 5 heteroatoms. The van der Waals surface area contributed by atoms with Crippen LogP contribution >= 0.6 is 19.7 Å². The van der Waals surface area contributed by atoms with Crippen LogP contribution < -0.4 is 9.80 Å². The summed E-state index contributed by atoms with van der Waals surface area (Å²) in [5, 5.41) is 0. The van der Waals surface area contributed by atoms with E-state index in [0.29, 0.717) is 0 Å². The SMILES string of the molecule is C(=C(c1ccccc1)c1ccccc1)c1ccc(-c2ccc(-c3ccc(C=C(c4ccccc4)c4ccccc4)cc3)cc2)cc1.C(=Cc1ccc(N(c2ccccc2)c2ccccc2)cc1)c1ccc(-c2ccc(C=Cc3ccc(N(c4ccccc4)c4ccccc4)cc3)cc2)cc1.P.[2H]P[3H].[V]. The number of anilines is 6. The van der Waals surface area contributed by atoms with Crippen molar-refractivity contribution in [2.75, 3.05) is 9.80 Å². The molecule has 0 amide bonds. The summed E-state index contributed by atoms with van der Waals surface area (Å²) in [6.45, 7) is 0. The fraction of sp³-hybridized carbons (Fsp3) is 0. The Morgan fingerprint density at radius 2 is 0.369 bits per heavy atom. The van der Waals surface area contributed by atoms with Crippen LogP contribution in [0.15, 0.2) is 413 Å². The first-order chi connectivity index (χ1) is 51.0. The number of benzene rings is 15. The van der Waals surface area contributed by atoms with E-state index in [1.807, 2.05) is 0 Å². The fourth-order valence-corrected chi connectivity index (χ4v) is 12.5. The molecule has 15 rings (SSSR count). The van der Waals surface area contributed by atoms with Crippen LogP contribution in [0.1, 0.15) is 55.6 Å². The van der Waals surface area contributed by atoms with Crippen LogP contribution in [0, 0.1) is 0 Å². The van der Waals surface area contributed by atoms with Gasteiger partial charge in [-0.25, -0.2) is 0 Å². The molecule has 0 aliphatic heterocycles. The summed E-state index contributed by atoms with van der Waals surface area (Å²) in [4.78, 5) is 4.56. The summed E-state index contributed by atoms with van der Waals surface area (Å²) in [6.07, 6.45) is 13.2. The van der Waals surface area contributed by atoms with E-state index in [1.165, 1.54) is 89.0 Å². The van der Waals surface area contributed by atoms with Crippen molar-refractivity contribution in [3.05, 3.63) is 468 Å². The van der Waals surface area contributed by atoms with Gasteiger partial charge in [-0.05, 0) is 185 Å². The summed E-state index contributed by atoms with van der Waals surface area (Å²) in [5.41, 5.74) is 28.3. The zero-order valence-electron chi connectivity index (χ0n) is 59.3. The Bertz CT molecular complexity index is 4700. The van der Waals surface area contributed by atoms with Crippen molar-refractivity contribution >= 4 is 101 Å². The van der Waals surface area contributed by atoms with E-state index in [0.717, 1.165) is 45.3 Å². The van der Waals surface area contributed by atoms with Gasteiger partial charge in [0.05, 0.1) is 2.56 Å². The molecule has 0 N–H and O–H groups in total. The molecule has 2 nitrogen and oxygen atoms in total. The molecular formula is C98H80N2P2V. The maximum absolute atomic E-state index is 5.90. The second-order valence-corrected chi connectivity index (χ2v) is 24.5. The van der Waals surface area contributed by atoms with Crippen molar-refractivity contribution < 1.29 is 18.6 Å². The zero-order chi connectivity index (χ0) is 70.0. The largest absolute Gasteiger partial charge is 0.311 e. The maximum Gasteiger partial charge on any atom is 0.0511 e. The molecule has 0 spiro atoms. The van der Waals surface area contributed by atoms with Gasteiger partial charge in [0.15, 0.2) is 0 Å². The summed E-state index contributed by atoms with van der Waals surface area (Å²) in [5.74, 6) is 0. The summed E-state index contributed by atoms with van der Waals surface area (Å²) < 4.78 is 11.8. The van der Waals surface area contributed by atoms with Crippen molar-refractivity contribution in [3.63, 3.8) is 0 Å². The molecular weight excluding hydrogens is 1320 g/mol. The van der Waals surface area contributed by atoms with Crippen LogP contribution in [0.25, 0.3) is 81.0 Å². The van der Waals surface area contributed by atoms with Crippen molar-refractivity contribution in [1.82, 2.24) is 0 Å². The van der Waals surface area contributed by atoms with E-state index in [4.69, 9.17) is 2.56 Å². The van der Waals surface area contributed by atoms with Gasteiger partial charge >= 0.3 is 0 Å². The van der Waals surface area contributed by atoms with E-state index >= 15 is 0 Å². The van der Waals surface area contributed by atoms with Crippen LogP contribution in [-0.4, -0.2) is 2.56 Å². The molecule has 0 aliphatic carbocycles. The first kappa shape index (κ1) is 69.8. The number of nitrogens with zero attached hydrogens (tertiary/aromatic N) is 2. The summed E-state index contributed by atoms with van der Waals surface area (Å²) in [7, 11) is -0.417. The van der Waals surface area contributed by atoms with E-state index in [9.17, 15) is 0 Å². The van der Waals surface area contributed by atoms with Gasteiger partial charge in [0, 0.05) is 52.7 Å². The smallest absolute Gasteiger partial charge is 0.0511 e. The van der Waals surface area contributed by atoms with Crippen LogP contribution in [0.5, 0.6) is 0 Å². The Labute approximate surface area is 629 Å². The molecule has 0 saturated carbocycles. The third-order valence-electron chi connectivity index (χ3n) is 17.8. The van der Waals surface area contributed by atoms with Crippen molar-refractivity contribution in [2.24, 2.45) is 0 Å². The monoisotopic (exact) mass is 1400 g/mol. The molecule has 15 aromatic carbocycles. The molecule has 0 aromatic heterocycles. The van der Waals surface area contributed by atoms with Gasteiger partial charge in [0.25, 0.3) is 0 Å². The number of rotatable bonds is 19. The van der Waals surface area contributed by atoms with Gasteiger partial charge in [0.1, 0.15) is 0 Å². The van der Waals surface area contributed by atoms with Gasteiger partial charge < -0.3 is 9.80 Å². The van der Waals surface area contributed by atoms with Crippen molar-refractivity contribution in [3.8, 4) is 33.4 Å². The summed E-state index contributed by atoms with van der Waals surface area (Å²) >= 11 is 0. The molecule has 15 aromatic rings. The van der Waals surface area contributed by atoms with E-state index in [1.54, 1.807) is 0 Å². The minimum Gasteiger partial charge on any atom is -0.311 e. The fourth-order valence-electron chi connectivity index (χ4n) is 12.5. The minimum absolute atomic E-state index is 0. The van der Waals surface area contributed by atoms with Crippen LogP contribution in [0.4, 0.5) is 34.1 Å². The Hall–Kier alpha value is -11.7. The van der Waals surface area contributed by atoms with Crippen LogP contribution in [-0.2, 0) is 18.6 Å². The quantitative estimate of drug-likeness (QED) is 0.0588. The van der Waals surface area contributed by atoms with Crippen molar-refractivity contribution in [2.45, 2.75) is 0 Å². The van der Waals surface area contributed by atoms with Gasteiger partial charge in [0.2, 0.25) is 0 Å². The van der Waals surface area contributed by atoms with Gasteiger partial charge in [-0.1, -0.05) is 364 Å². The molecule has 0 aliphatic rings. The molecule has 0 saturated heterocycles. The molecule has 2 unspecified atom stereocenters. The Morgan fingerprint density at radius 1 is 0.214 bits per heavy atom. The zero-order valence-corrected chi connectivity index (χ0v) is 61.1. The van der Waals surface area contributed by atoms with Crippen LogP contribution in [0.2, 0.25) is 0 Å². The third kappa shape index (κ3) is 19.0. The van der Waals surface area contributed by atoms with Crippen molar-refractivity contribution in [1.29, 1.82) is 2.56 Å². The molecule has 1 radical (unpaired) electrons. The first-order valence-electron chi connectivity index (χ1n) is 35.1. The Morgan fingerprint density at radius 3 is 0.573 bits per heavy atom. The standard InChI is InChI=1S/C52H40N2.C46H34.2H3P.V/c1-5-13-47(14-6-1)53(48-15-7-2-8-16-48)51-37-29-43(30-38-51)23-21-41-25-33-45(34-26-41)46-35-27-42(28-36-46)22-24-44-31-39-52(40-32-44)54(49-17-9-3-10-18-49)50-19-11-4-12-20-50;1-5-13-41(14-6-1)45(42-15-7-2-8-16-42)33-35-21-25-37(26-22-35)39-29-31-40(32-30-39)38-27-23-36(24-28-38)34-46(43-17-9-3-10-18-43)44-19-11-4-12-20-44;;;/h1-40H;1-34H;2*1H3;/i;;1TD;;. The number of hydrogen-bond acceptors (Lipinski definition) is 2. The maximum atomic E-state index is 5.90. The first-order valence-corrected chi connectivity index (χ1v) is 34.1. The van der Waals surface area contributed by atoms with Gasteiger partial charge in [-0.3, -0.25) is 0 Å². The molecule has 2 atom stereocenters. The van der Waals surface area contributed by atoms with Gasteiger partial charge in [-0.15, -0.1) is 0 Å². The Balaban J connectivity index is 0.000000201. The average molecular weight is 1400 g/mol. The van der Waals surface area contributed by atoms with E-state index in [-0.39, 0.29) is 28.5 Å². The third-order valence-corrected chi connectivity index (χ3v) is 17.8. The normalized spacial score (nSPS) is 10.9. The van der Waals surface area contributed by atoms with E-state index in [2.05, 4.69) is 459 Å². The topological polar surface area (TPSA) is 6.48 Å². The van der Waals surface area contributed by atoms with E-state index < -0.39 is 9.79 Å². The predicted octanol–water partition coefficient (Wildman–Crippen LogP) is 26.9. The molecule has 0 bridgehead atoms. The second-order valence-electron chi connectivity index (χ2n) is 24.5. The molecule has 103 heavy (non-hydrogen) atoms. The Kier molecular flexibility index (Phi) is 24.8. The molecule has 0 fully saturated rings. The number of para-hydroxylation sites is 4. The molecule has 497 valence electrons. The summed E-state index contributed by atoms with van der Waals surface area (Å²) in [6, 6.07) is 146. The van der Waals surface area contributed by atoms with Gasteiger partial charge in [-0.2, -0.15) is 19.7 Å². The number of hydrogen-bond donors (Lipinski definition) is 0. The predicted molar refractivity (Wildman–Crippen MR) is 451 cm³/mol. The average Bonchev–Trinajstić information content (AvgIpc) is 0.818. The van der Waals surface area contributed by atoms with Crippen LogP contribution in [0.3, 0.4) is 0 Å². The second kappa shape index (κ2) is 36.6. The molecule has 0 heterocycles. The minimum atomic E-state index is -0.417.